The first-order chi connectivity index (χ1) is 9.63. The summed E-state index contributed by atoms with van der Waals surface area (Å²) in [4.78, 5) is 0. The molecule has 1 unspecified atom stereocenters. The first kappa shape index (κ1) is 13.3. The maximum atomic E-state index is 6.10. The van der Waals surface area contributed by atoms with Gasteiger partial charge in [-0.05, 0) is 42.8 Å². The molecule has 0 saturated carbocycles. The van der Waals surface area contributed by atoms with Crippen molar-refractivity contribution in [3.05, 3.63) is 52.5 Å². The van der Waals surface area contributed by atoms with Crippen LogP contribution in [0.5, 0.6) is 17.2 Å². The summed E-state index contributed by atoms with van der Waals surface area (Å²) in [5, 5.41) is 0.689. The molecule has 0 amide bonds. The van der Waals surface area contributed by atoms with Gasteiger partial charge in [-0.1, -0.05) is 11.6 Å². The number of aryl methyl sites for hydroxylation is 1. The summed E-state index contributed by atoms with van der Waals surface area (Å²) < 4.78 is 11.6. The van der Waals surface area contributed by atoms with Gasteiger partial charge in [0.2, 0.25) is 0 Å². The maximum Gasteiger partial charge on any atom is 0.134 e. The normalized spacial score (nSPS) is 17.2. The molecule has 0 spiro atoms. The molecule has 104 valence electrons. The smallest absolute Gasteiger partial charge is 0.134 e. The van der Waals surface area contributed by atoms with E-state index in [2.05, 4.69) is 0 Å². The number of rotatable bonds is 2. The Labute approximate surface area is 123 Å². The number of ether oxygens (including phenoxy) is 2. The highest BCUT2D eigenvalue weighted by Crippen LogP contribution is 2.37. The molecular formula is C16H16ClNO2. The standard InChI is InChI=1S/C16H16ClNO2/c1-10-8-13-14(18)6-7-19-16(13)9-15(10)20-12-4-2-11(17)3-5-12/h2-5,8-9,14H,6-7,18H2,1H3. The quantitative estimate of drug-likeness (QED) is 0.900. The Bertz CT molecular complexity index is 625. The van der Waals surface area contributed by atoms with Crippen LogP contribution in [0.25, 0.3) is 0 Å². The average molecular weight is 290 g/mol. The third kappa shape index (κ3) is 2.60. The Morgan fingerprint density at radius 1 is 1.25 bits per heavy atom. The molecule has 3 nitrogen and oxygen atoms in total. The highest BCUT2D eigenvalue weighted by atomic mass is 35.5. The van der Waals surface area contributed by atoms with Gasteiger partial charge in [-0.25, -0.2) is 0 Å². The van der Waals surface area contributed by atoms with E-state index in [1.54, 1.807) is 12.1 Å². The van der Waals surface area contributed by atoms with Gasteiger partial charge in [0, 0.05) is 29.1 Å². The molecule has 2 aromatic carbocycles. The van der Waals surface area contributed by atoms with Gasteiger partial charge in [0.1, 0.15) is 17.2 Å². The van der Waals surface area contributed by atoms with Crippen LogP contribution in [0.15, 0.2) is 36.4 Å². The second-order valence-electron chi connectivity index (χ2n) is 4.96. The average Bonchev–Trinajstić information content (AvgIpc) is 2.43. The van der Waals surface area contributed by atoms with Gasteiger partial charge in [0.05, 0.1) is 6.61 Å². The molecule has 0 bridgehead atoms. The topological polar surface area (TPSA) is 44.5 Å². The summed E-state index contributed by atoms with van der Waals surface area (Å²) in [7, 11) is 0. The Morgan fingerprint density at radius 3 is 2.75 bits per heavy atom. The zero-order valence-corrected chi connectivity index (χ0v) is 12.0. The molecule has 1 heterocycles. The van der Waals surface area contributed by atoms with Crippen molar-refractivity contribution >= 4 is 11.6 Å². The minimum atomic E-state index is 0.0435. The van der Waals surface area contributed by atoms with Crippen LogP contribution in [0.2, 0.25) is 5.02 Å². The molecule has 4 heteroatoms. The molecule has 1 aliphatic rings. The Hall–Kier alpha value is -1.71. The van der Waals surface area contributed by atoms with Gasteiger partial charge < -0.3 is 15.2 Å². The lowest BCUT2D eigenvalue weighted by Crippen LogP contribution is -2.20. The van der Waals surface area contributed by atoms with E-state index < -0.39 is 0 Å². The predicted molar refractivity (Wildman–Crippen MR) is 79.7 cm³/mol. The second-order valence-corrected chi connectivity index (χ2v) is 5.39. The van der Waals surface area contributed by atoms with Crippen LogP contribution in [0.1, 0.15) is 23.6 Å². The molecule has 0 aromatic heterocycles. The van der Waals surface area contributed by atoms with E-state index >= 15 is 0 Å². The monoisotopic (exact) mass is 289 g/mol. The lowest BCUT2D eigenvalue weighted by Gasteiger charge is -2.24. The van der Waals surface area contributed by atoms with E-state index in [1.165, 1.54) is 0 Å². The van der Waals surface area contributed by atoms with Crippen molar-refractivity contribution in [2.45, 2.75) is 19.4 Å². The number of halogens is 1. The van der Waals surface area contributed by atoms with Crippen molar-refractivity contribution in [2.24, 2.45) is 5.73 Å². The fourth-order valence-electron chi connectivity index (χ4n) is 2.30. The summed E-state index contributed by atoms with van der Waals surface area (Å²) in [5.41, 5.74) is 8.19. The highest BCUT2D eigenvalue weighted by molar-refractivity contribution is 6.30. The van der Waals surface area contributed by atoms with Gasteiger partial charge >= 0.3 is 0 Å². The SMILES string of the molecule is Cc1cc2c(cc1Oc1ccc(Cl)cc1)OCCC2N. The van der Waals surface area contributed by atoms with Crippen LogP contribution in [0.4, 0.5) is 0 Å². The van der Waals surface area contributed by atoms with Crippen molar-refractivity contribution < 1.29 is 9.47 Å². The molecule has 0 fully saturated rings. The van der Waals surface area contributed by atoms with Gasteiger partial charge in [0.25, 0.3) is 0 Å². The Balaban J connectivity index is 1.92. The minimum absolute atomic E-state index is 0.0435. The largest absolute Gasteiger partial charge is 0.493 e. The van der Waals surface area contributed by atoms with E-state index in [0.717, 1.165) is 34.8 Å². The van der Waals surface area contributed by atoms with Gasteiger partial charge in [-0.15, -0.1) is 0 Å². The Morgan fingerprint density at radius 2 is 2.00 bits per heavy atom. The number of fused-ring (bicyclic) bond motifs is 1. The predicted octanol–water partition coefficient (Wildman–Crippen LogP) is 4.22. The van der Waals surface area contributed by atoms with E-state index in [9.17, 15) is 0 Å². The van der Waals surface area contributed by atoms with Gasteiger partial charge in [-0.2, -0.15) is 0 Å². The number of hydrogen-bond donors (Lipinski definition) is 1. The van der Waals surface area contributed by atoms with E-state index in [4.69, 9.17) is 26.8 Å². The molecule has 3 rings (SSSR count). The van der Waals surface area contributed by atoms with Crippen molar-refractivity contribution in [1.29, 1.82) is 0 Å². The minimum Gasteiger partial charge on any atom is -0.493 e. The second kappa shape index (κ2) is 5.35. The summed E-state index contributed by atoms with van der Waals surface area (Å²) in [6.45, 7) is 2.66. The third-order valence-corrected chi connectivity index (χ3v) is 3.69. The van der Waals surface area contributed by atoms with Crippen molar-refractivity contribution in [2.75, 3.05) is 6.61 Å². The molecule has 2 aromatic rings. The summed E-state index contributed by atoms with van der Waals surface area (Å²) >= 11 is 5.87. The number of nitrogens with two attached hydrogens (primary N) is 1. The molecule has 0 saturated heterocycles. The molecule has 1 aliphatic heterocycles. The first-order valence-electron chi connectivity index (χ1n) is 6.60. The third-order valence-electron chi connectivity index (χ3n) is 3.43. The van der Waals surface area contributed by atoms with E-state index in [0.29, 0.717) is 11.6 Å². The van der Waals surface area contributed by atoms with Gasteiger partial charge in [0.15, 0.2) is 0 Å². The lowest BCUT2D eigenvalue weighted by atomic mass is 9.99. The zero-order chi connectivity index (χ0) is 14.1. The van der Waals surface area contributed by atoms with Crippen molar-refractivity contribution in [3.63, 3.8) is 0 Å². The summed E-state index contributed by atoms with van der Waals surface area (Å²) in [6.07, 6.45) is 0.851. The lowest BCUT2D eigenvalue weighted by molar-refractivity contribution is 0.267. The van der Waals surface area contributed by atoms with E-state index in [-0.39, 0.29) is 6.04 Å². The molecule has 0 aliphatic carbocycles. The fourth-order valence-corrected chi connectivity index (χ4v) is 2.42. The number of hydrogen-bond acceptors (Lipinski definition) is 3. The van der Waals surface area contributed by atoms with Crippen LogP contribution >= 0.6 is 11.6 Å². The van der Waals surface area contributed by atoms with Crippen molar-refractivity contribution in [1.82, 2.24) is 0 Å². The van der Waals surface area contributed by atoms with Crippen LogP contribution in [0.3, 0.4) is 0 Å². The molecule has 1 atom stereocenters. The maximum absolute atomic E-state index is 6.10. The van der Waals surface area contributed by atoms with Crippen LogP contribution in [-0.2, 0) is 0 Å². The van der Waals surface area contributed by atoms with Crippen molar-refractivity contribution in [3.8, 4) is 17.2 Å². The zero-order valence-electron chi connectivity index (χ0n) is 11.2. The molecular weight excluding hydrogens is 274 g/mol. The number of benzene rings is 2. The Kier molecular flexibility index (Phi) is 3.55. The van der Waals surface area contributed by atoms with Crippen LogP contribution < -0.4 is 15.2 Å². The molecule has 20 heavy (non-hydrogen) atoms. The van der Waals surface area contributed by atoms with E-state index in [1.807, 2.05) is 31.2 Å². The van der Waals surface area contributed by atoms with Crippen LogP contribution in [-0.4, -0.2) is 6.61 Å². The highest BCUT2D eigenvalue weighted by Gasteiger charge is 2.20. The first-order valence-corrected chi connectivity index (χ1v) is 6.97. The summed E-state index contributed by atoms with van der Waals surface area (Å²) in [5.74, 6) is 2.34. The molecule has 2 N–H and O–H groups in total. The van der Waals surface area contributed by atoms with Crippen LogP contribution in [0, 0.1) is 6.92 Å². The molecule has 0 radical (unpaired) electrons. The fraction of sp³-hybridized carbons (Fsp3) is 0.250. The van der Waals surface area contributed by atoms with Gasteiger partial charge in [-0.3, -0.25) is 0 Å². The summed E-state index contributed by atoms with van der Waals surface area (Å²) in [6, 6.07) is 11.3.